The highest BCUT2D eigenvalue weighted by Crippen LogP contribution is 2.25. The summed E-state index contributed by atoms with van der Waals surface area (Å²) in [5.74, 6) is -0.677. The molecule has 0 saturated carbocycles. The van der Waals surface area contributed by atoms with Gasteiger partial charge in [-0.15, -0.1) is 0 Å². The predicted molar refractivity (Wildman–Crippen MR) is 111 cm³/mol. The van der Waals surface area contributed by atoms with Crippen LogP contribution in [0.1, 0.15) is 70.4 Å². The number of anilines is 1. The summed E-state index contributed by atoms with van der Waals surface area (Å²) >= 11 is 0. The van der Waals surface area contributed by atoms with E-state index in [1.165, 1.54) is 6.42 Å². The van der Waals surface area contributed by atoms with E-state index in [-0.39, 0.29) is 18.4 Å². The van der Waals surface area contributed by atoms with Gasteiger partial charge in [-0.1, -0.05) is 64.2 Å². The van der Waals surface area contributed by atoms with Crippen LogP contribution < -0.4 is 10.6 Å². The fraction of sp³-hybridized carbons (Fsp3) is 0.591. The van der Waals surface area contributed by atoms with Gasteiger partial charge >= 0.3 is 6.03 Å². The van der Waals surface area contributed by atoms with E-state index < -0.39 is 11.6 Å². The minimum Gasteiger partial charge on any atom is -0.324 e. The molecule has 154 valence electrons. The molecule has 1 aromatic rings. The average molecular weight is 388 g/mol. The molecule has 4 amide bonds. The van der Waals surface area contributed by atoms with Crippen molar-refractivity contribution in [1.82, 2.24) is 10.2 Å². The van der Waals surface area contributed by atoms with Crippen LogP contribution >= 0.6 is 0 Å². The molecule has 0 aliphatic carbocycles. The number of unbranched alkanes of at least 4 members (excludes halogenated alkanes) is 4. The Labute approximate surface area is 168 Å². The van der Waals surface area contributed by atoms with Crippen LogP contribution in [0.15, 0.2) is 18.2 Å². The van der Waals surface area contributed by atoms with Crippen molar-refractivity contribution in [2.24, 2.45) is 0 Å². The van der Waals surface area contributed by atoms with Gasteiger partial charge in [-0.2, -0.15) is 0 Å². The molecule has 0 radical (unpaired) electrons. The van der Waals surface area contributed by atoms with E-state index >= 15 is 0 Å². The van der Waals surface area contributed by atoms with E-state index in [9.17, 15) is 14.4 Å². The average Bonchev–Trinajstić information content (AvgIpc) is 2.86. The number of imide groups is 1. The fourth-order valence-corrected chi connectivity index (χ4v) is 3.67. The lowest BCUT2D eigenvalue weighted by Crippen LogP contribution is -2.44. The first kappa shape index (κ1) is 21.9. The third-order valence-corrected chi connectivity index (χ3v) is 5.43. The van der Waals surface area contributed by atoms with Gasteiger partial charge in [0.1, 0.15) is 12.1 Å². The number of para-hydroxylation sites is 1. The van der Waals surface area contributed by atoms with E-state index in [0.717, 1.165) is 53.8 Å². The highest BCUT2D eigenvalue weighted by molar-refractivity contribution is 6.10. The van der Waals surface area contributed by atoms with Gasteiger partial charge in [0.25, 0.3) is 5.91 Å². The lowest BCUT2D eigenvalue weighted by Gasteiger charge is -2.21. The normalized spacial score (nSPS) is 19.1. The van der Waals surface area contributed by atoms with Crippen molar-refractivity contribution in [2.45, 2.75) is 78.2 Å². The van der Waals surface area contributed by atoms with Gasteiger partial charge in [-0.25, -0.2) is 4.79 Å². The third-order valence-electron chi connectivity index (χ3n) is 5.43. The zero-order valence-corrected chi connectivity index (χ0v) is 17.6. The van der Waals surface area contributed by atoms with E-state index in [2.05, 4.69) is 17.6 Å². The Hall–Kier alpha value is -2.37. The summed E-state index contributed by atoms with van der Waals surface area (Å²) in [6, 6.07) is 5.36. The Morgan fingerprint density at radius 1 is 1.14 bits per heavy atom. The molecule has 1 saturated heterocycles. The van der Waals surface area contributed by atoms with Gasteiger partial charge in [-0.05, 0) is 37.8 Å². The molecule has 2 rings (SSSR count). The van der Waals surface area contributed by atoms with Crippen LogP contribution in [-0.2, 0) is 16.0 Å². The molecule has 1 heterocycles. The van der Waals surface area contributed by atoms with Crippen LogP contribution in [0, 0.1) is 6.92 Å². The topological polar surface area (TPSA) is 78.5 Å². The quantitative estimate of drug-likeness (QED) is 0.467. The molecule has 1 fully saturated rings. The maximum atomic E-state index is 12.8. The second-order valence-corrected chi connectivity index (χ2v) is 7.83. The van der Waals surface area contributed by atoms with Crippen LogP contribution in [-0.4, -0.2) is 34.8 Å². The zero-order valence-electron chi connectivity index (χ0n) is 17.6. The lowest BCUT2D eigenvalue weighted by molar-refractivity contribution is -0.133. The number of urea groups is 1. The number of rotatable bonds is 10. The van der Waals surface area contributed by atoms with Crippen molar-refractivity contribution in [1.29, 1.82) is 0 Å². The summed E-state index contributed by atoms with van der Waals surface area (Å²) in [5, 5.41) is 5.66. The number of hydrogen-bond acceptors (Lipinski definition) is 3. The number of nitrogens with one attached hydrogen (secondary N) is 2. The van der Waals surface area contributed by atoms with Gasteiger partial charge in [0, 0.05) is 5.69 Å². The van der Waals surface area contributed by atoms with Crippen molar-refractivity contribution in [3.05, 3.63) is 29.3 Å². The fourth-order valence-electron chi connectivity index (χ4n) is 3.67. The SMILES string of the molecule is CCCCCCCC1(C)NC(=O)N(CC(=O)Nc2c(C)cccc2CC)C1=O. The number of carbonyl (C=O) groups excluding carboxylic acids is 3. The highest BCUT2D eigenvalue weighted by Gasteiger charge is 2.47. The molecule has 1 atom stereocenters. The molecule has 1 aliphatic heterocycles. The van der Waals surface area contributed by atoms with Crippen molar-refractivity contribution in [2.75, 3.05) is 11.9 Å². The van der Waals surface area contributed by atoms with E-state index in [4.69, 9.17) is 0 Å². The Morgan fingerprint density at radius 3 is 2.54 bits per heavy atom. The smallest absolute Gasteiger partial charge is 0.324 e. The number of hydrogen-bond donors (Lipinski definition) is 2. The second-order valence-electron chi connectivity index (χ2n) is 7.83. The molecule has 6 heteroatoms. The molecule has 0 spiro atoms. The minimum atomic E-state index is -0.916. The zero-order chi connectivity index (χ0) is 20.7. The third kappa shape index (κ3) is 5.12. The van der Waals surface area contributed by atoms with Crippen molar-refractivity contribution >= 4 is 23.5 Å². The maximum Gasteiger partial charge on any atom is 0.325 e. The molecular formula is C22H33N3O3. The first-order valence-corrected chi connectivity index (χ1v) is 10.3. The molecule has 6 nitrogen and oxygen atoms in total. The molecule has 1 aliphatic rings. The monoisotopic (exact) mass is 387 g/mol. The number of nitrogens with zero attached hydrogens (tertiary/aromatic N) is 1. The van der Waals surface area contributed by atoms with Gasteiger partial charge < -0.3 is 10.6 Å². The van der Waals surface area contributed by atoms with E-state index in [0.29, 0.717) is 6.42 Å². The van der Waals surface area contributed by atoms with E-state index in [1.54, 1.807) is 6.92 Å². The van der Waals surface area contributed by atoms with Crippen molar-refractivity contribution in [3.8, 4) is 0 Å². The maximum absolute atomic E-state index is 12.8. The Balaban J connectivity index is 1.97. The Kier molecular flexibility index (Phi) is 7.61. The van der Waals surface area contributed by atoms with Gasteiger partial charge in [0.05, 0.1) is 0 Å². The number of amides is 4. The van der Waals surface area contributed by atoms with Crippen LogP contribution in [0.25, 0.3) is 0 Å². The number of carbonyl (C=O) groups is 3. The Morgan fingerprint density at radius 2 is 1.86 bits per heavy atom. The minimum absolute atomic E-state index is 0.270. The molecule has 1 unspecified atom stereocenters. The summed E-state index contributed by atoms with van der Waals surface area (Å²) in [5.41, 5.74) is 1.84. The van der Waals surface area contributed by atoms with Crippen LogP contribution in [0.3, 0.4) is 0 Å². The summed E-state index contributed by atoms with van der Waals surface area (Å²) < 4.78 is 0. The molecular weight excluding hydrogens is 354 g/mol. The van der Waals surface area contributed by atoms with Crippen LogP contribution in [0.5, 0.6) is 0 Å². The van der Waals surface area contributed by atoms with E-state index in [1.807, 2.05) is 32.0 Å². The largest absolute Gasteiger partial charge is 0.325 e. The highest BCUT2D eigenvalue weighted by atomic mass is 16.2. The summed E-state index contributed by atoms with van der Waals surface area (Å²) in [6.07, 6.45) is 6.79. The summed E-state index contributed by atoms with van der Waals surface area (Å²) in [7, 11) is 0. The van der Waals surface area contributed by atoms with Crippen LogP contribution in [0.2, 0.25) is 0 Å². The molecule has 2 N–H and O–H groups in total. The number of aryl methyl sites for hydroxylation is 2. The van der Waals surface area contributed by atoms with Gasteiger partial charge in [0.2, 0.25) is 5.91 Å². The summed E-state index contributed by atoms with van der Waals surface area (Å²) in [6.45, 7) is 7.59. The second kappa shape index (κ2) is 9.71. The lowest BCUT2D eigenvalue weighted by atomic mass is 9.94. The van der Waals surface area contributed by atoms with Crippen molar-refractivity contribution < 1.29 is 14.4 Å². The standard InChI is InChI=1S/C22H33N3O3/c1-5-7-8-9-10-14-22(4)20(27)25(21(28)24-22)15-18(26)23-19-16(3)12-11-13-17(19)6-2/h11-13H,5-10,14-15H2,1-4H3,(H,23,26)(H,24,28). The predicted octanol–water partition coefficient (Wildman–Crippen LogP) is 4.17. The van der Waals surface area contributed by atoms with Gasteiger partial charge in [-0.3, -0.25) is 14.5 Å². The summed E-state index contributed by atoms with van der Waals surface area (Å²) in [4.78, 5) is 38.7. The molecule has 28 heavy (non-hydrogen) atoms. The first-order chi connectivity index (χ1) is 13.3. The first-order valence-electron chi connectivity index (χ1n) is 10.3. The van der Waals surface area contributed by atoms with Gasteiger partial charge in [0.15, 0.2) is 0 Å². The Bertz CT molecular complexity index is 732. The number of benzene rings is 1. The molecule has 1 aromatic carbocycles. The molecule has 0 bridgehead atoms. The molecule has 0 aromatic heterocycles. The van der Waals surface area contributed by atoms with Crippen LogP contribution in [0.4, 0.5) is 10.5 Å². The van der Waals surface area contributed by atoms with Crippen molar-refractivity contribution in [3.63, 3.8) is 0 Å².